The number of benzene rings is 1. The zero-order valence-corrected chi connectivity index (χ0v) is 12.5. The summed E-state index contributed by atoms with van der Waals surface area (Å²) in [5.74, 6) is 0. The van der Waals surface area contributed by atoms with Gasteiger partial charge >= 0.3 is 0 Å². The summed E-state index contributed by atoms with van der Waals surface area (Å²) in [6, 6.07) is 5.82. The fourth-order valence-electron chi connectivity index (χ4n) is 2.11. The van der Waals surface area contributed by atoms with Gasteiger partial charge < -0.3 is 25.2 Å². The van der Waals surface area contributed by atoms with Gasteiger partial charge in [0.25, 0.3) is 10.1 Å². The van der Waals surface area contributed by atoms with Crippen LogP contribution in [-0.4, -0.2) is 66.2 Å². The maximum Gasteiger partial charge on any atom is 0.297 e. The molecule has 1 aliphatic heterocycles. The molecule has 1 heterocycles. The zero-order valence-electron chi connectivity index (χ0n) is 11.7. The van der Waals surface area contributed by atoms with Crippen molar-refractivity contribution in [1.82, 2.24) is 0 Å². The Hall–Kier alpha value is -1.07. The van der Waals surface area contributed by atoms with Crippen LogP contribution in [0.1, 0.15) is 5.56 Å². The highest BCUT2D eigenvalue weighted by molar-refractivity contribution is 7.86. The molecule has 22 heavy (non-hydrogen) atoms. The summed E-state index contributed by atoms with van der Waals surface area (Å²) in [4.78, 5) is -0.135. The second kappa shape index (κ2) is 6.59. The van der Waals surface area contributed by atoms with E-state index in [0.29, 0.717) is 0 Å². The number of aryl methyl sites for hydroxylation is 1. The van der Waals surface area contributed by atoms with E-state index in [1.54, 1.807) is 19.1 Å². The van der Waals surface area contributed by atoms with Gasteiger partial charge in [0.2, 0.25) is 0 Å². The molecule has 0 aliphatic carbocycles. The minimum atomic E-state index is -4.24. The standard InChI is InChI=1S/C13H18O8S/c1-7-2-4-8(5-3-7)22(18,19)21-12-10(16)13(17)20-11(12)9(15)6-14/h2-5,9-17H,6H2,1H3/t9-,10-,11-,12+,13?/m1/s1. The van der Waals surface area contributed by atoms with Crippen molar-refractivity contribution < 1.29 is 37.8 Å². The van der Waals surface area contributed by atoms with Crippen molar-refractivity contribution in [3.05, 3.63) is 29.8 Å². The Bertz CT molecular complexity index is 599. The second-order valence-corrected chi connectivity index (χ2v) is 6.63. The van der Waals surface area contributed by atoms with E-state index in [9.17, 15) is 23.7 Å². The van der Waals surface area contributed by atoms with Gasteiger partial charge in [-0.2, -0.15) is 8.42 Å². The first-order valence-corrected chi connectivity index (χ1v) is 7.97. The molecule has 8 nitrogen and oxygen atoms in total. The number of aliphatic hydroxyl groups is 4. The third kappa shape index (κ3) is 3.46. The van der Waals surface area contributed by atoms with Crippen LogP contribution in [0.25, 0.3) is 0 Å². The summed E-state index contributed by atoms with van der Waals surface area (Å²) >= 11 is 0. The van der Waals surface area contributed by atoms with Crippen LogP contribution < -0.4 is 0 Å². The van der Waals surface area contributed by atoms with E-state index >= 15 is 0 Å². The highest BCUT2D eigenvalue weighted by Gasteiger charge is 2.49. The molecule has 0 spiro atoms. The number of ether oxygens (including phenoxy) is 1. The molecule has 1 unspecified atom stereocenters. The number of aliphatic hydroxyl groups excluding tert-OH is 4. The van der Waals surface area contributed by atoms with Crippen molar-refractivity contribution in [3.63, 3.8) is 0 Å². The maximum absolute atomic E-state index is 12.2. The van der Waals surface area contributed by atoms with E-state index < -0.39 is 47.4 Å². The minimum Gasteiger partial charge on any atom is -0.394 e. The summed E-state index contributed by atoms with van der Waals surface area (Å²) in [6.45, 7) is 1.05. The Kier molecular flexibility index (Phi) is 5.17. The highest BCUT2D eigenvalue weighted by atomic mass is 32.2. The van der Waals surface area contributed by atoms with Gasteiger partial charge in [-0.25, -0.2) is 0 Å². The Morgan fingerprint density at radius 2 is 1.86 bits per heavy atom. The van der Waals surface area contributed by atoms with Gasteiger partial charge in [0, 0.05) is 0 Å². The molecule has 0 saturated carbocycles. The summed E-state index contributed by atoms with van der Waals surface area (Å²) < 4.78 is 34.1. The van der Waals surface area contributed by atoms with Gasteiger partial charge in [0.1, 0.15) is 24.4 Å². The third-order valence-electron chi connectivity index (χ3n) is 3.36. The molecule has 124 valence electrons. The lowest BCUT2D eigenvalue weighted by Crippen LogP contribution is -2.43. The van der Waals surface area contributed by atoms with E-state index in [0.717, 1.165) is 5.56 Å². The van der Waals surface area contributed by atoms with Crippen molar-refractivity contribution in [3.8, 4) is 0 Å². The lowest BCUT2D eigenvalue weighted by atomic mass is 10.1. The van der Waals surface area contributed by atoms with E-state index in [1.807, 2.05) is 0 Å². The van der Waals surface area contributed by atoms with Gasteiger partial charge in [-0.3, -0.25) is 4.18 Å². The van der Waals surface area contributed by atoms with Gasteiger partial charge in [0.15, 0.2) is 6.29 Å². The lowest BCUT2D eigenvalue weighted by Gasteiger charge is -2.22. The second-order valence-electron chi connectivity index (χ2n) is 5.06. The predicted octanol–water partition coefficient (Wildman–Crippen LogP) is -1.50. The molecule has 4 N–H and O–H groups in total. The first kappa shape index (κ1) is 17.3. The van der Waals surface area contributed by atoms with Crippen molar-refractivity contribution in [1.29, 1.82) is 0 Å². The van der Waals surface area contributed by atoms with Crippen LogP contribution in [0.15, 0.2) is 29.2 Å². The van der Waals surface area contributed by atoms with Crippen LogP contribution in [0.5, 0.6) is 0 Å². The van der Waals surface area contributed by atoms with E-state index in [-0.39, 0.29) is 4.90 Å². The molecule has 0 bridgehead atoms. The molecule has 0 radical (unpaired) electrons. The summed E-state index contributed by atoms with van der Waals surface area (Å²) in [6.07, 6.45) is -7.82. The Balaban J connectivity index is 2.24. The Labute approximate surface area is 127 Å². The predicted molar refractivity (Wildman–Crippen MR) is 73.2 cm³/mol. The van der Waals surface area contributed by atoms with Gasteiger partial charge in [0.05, 0.1) is 11.5 Å². The van der Waals surface area contributed by atoms with Crippen molar-refractivity contribution in [2.24, 2.45) is 0 Å². The van der Waals surface area contributed by atoms with Crippen molar-refractivity contribution in [2.75, 3.05) is 6.61 Å². The highest BCUT2D eigenvalue weighted by Crippen LogP contribution is 2.28. The molecule has 5 atom stereocenters. The molecule has 2 rings (SSSR count). The molecular weight excluding hydrogens is 316 g/mol. The van der Waals surface area contributed by atoms with Crippen LogP contribution in [-0.2, 0) is 19.0 Å². The van der Waals surface area contributed by atoms with E-state index in [1.165, 1.54) is 12.1 Å². The molecule has 1 aliphatic rings. The zero-order chi connectivity index (χ0) is 16.5. The summed E-state index contributed by atoms with van der Waals surface area (Å²) in [5.41, 5.74) is 0.854. The van der Waals surface area contributed by atoms with Gasteiger partial charge in [-0.1, -0.05) is 17.7 Å². The molecular formula is C13H18O8S. The Morgan fingerprint density at radius 3 is 2.41 bits per heavy atom. The monoisotopic (exact) mass is 334 g/mol. The number of hydrogen-bond acceptors (Lipinski definition) is 8. The fourth-order valence-corrected chi connectivity index (χ4v) is 3.20. The fraction of sp³-hybridized carbons (Fsp3) is 0.538. The van der Waals surface area contributed by atoms with Crippen LogP contribution in [0, 0.1) is 6.92 Å². The van der Waals surface area contributed by atoms with Crippen molar-refractivity contribution in [2.45, 2.75) is 42.5 Å². The normalized spacial score (nSPS) is 30.4. The summed E-state index contributed by atoms with van der Waals surface area (Å²) in [7, 11) is -4.24. The lowest BCUT2D eigenvalue weighted by molar-refractivity contribution is -0.150. The van der Waals surface area contributed by atoms with Crippen molar-refractivity contribution >= 4 is 10.1 Å². The minimum absolute atomic E-state index is 0.135. The van der Waals surface area contributed by atoms with Gasteiger partial charge in [-0.05, 0) is 19.1 Å². The molecule has 1 aromatic carbocycles. The van der Waals surface area contributed by atoms with E-state index in [4.69, 9.17) is 14.0 Å². The van der Waals surface area contributed by atoms with E-state index in [2.05, 4.69) is 0 Å². The maximum atomic E-state index is 12.2. The first-order chi connectivity index (χ1) is 10.3. The SMILES string of the molecule is Cc1ccc(S(=O)(=O)O[C@@H]2[C@@H]([C@H](O)CO)OC(O)[C@@H]2O)cc1. The Morgan fingerprint density at radius 1 is 1.27 bits per heavy atom. The first-order valence-electron chi connectivity index (χ1n) is 6.57. The smallest absolute Gasteiger partial charge is 0.297 e. The average molecular weight is 334 g/mol. The number of hydrogen-bond donors (Lipinski definition) is 4. The van der Waals surface area contributed by atoms with Crippen LogP contribution in [0.2, 0.25) is 0 Å². The summed E-state index contributed by atoms with van der Waals surface area (Å²) in [5, 5.41) is 37.7. The quantitative estimate of drug-likeness (QED) is 0.478. The third-order valence-corrected chi connectivity index (χ3v) is 4.69. The van der Waals surface area contributed by atoms with Gasteiger partial charge in [-0.15, -0.1) is 0 Å². The molecule has 1 saturated heterocycles. The van der Waals surface area contributed by atoms with Crippen LogP contribution in [0.4, 0.5) is 0 Å². The molecule has 0 aromatic heterocycles. The molecule has 1 fully saturated rings. The largest absolute Gasteiger partial charge is 0.394 e. The average Bonchev–Trinajstić information content (AvgIpc) is 2.75. The van der Waals surface area contributed by atoms with Crippen LogP contribution >= 0.6 is 0 Å². The van der Waals surface area contributed by atoms with Crippen LogP contribution in [0.3, 0.4) is 0 Å². The number of rotatable bonds is 5. The molecule has 1 aromatic rings. The molecule has 0 amide bonds. The topological polar surface area (TPSA) is 134 Å². The molecule has 9 heteroatoms.